The zero-order valence-corrected chi connectivity index (χ0v) is 17.4. The van der Waals surface area contributed by atoms with E-state index in [0.29, 0.717) is 24.5 Å². The first kappa shape index (κ1) is 19.8. The average molecular weight is 416 g/mol. The predicted molar refractivity (Wildman–Crippen MR) is 119 cm³/mol. The Balaban J connectivity index is 1.51. The van der Waals surface area contributed by atoms with E-state index < -0.39 is 0 Å². The summed E-state index contributed by atoms with van der Waals surface area (Å²) in [6, 6.07) is 26.9. The molecule has 1 aromatic heterocycles. The molecule has 0 bridgehead atoms. The summed E-state index contributed by atoms with van der Waals surface area (Å²) in [6.07, 6.45) is 0. The number of benzene rings is 3. The molecule has 5 nitrogen and oxygen atoms in total. The van der Waals surface area contributed by atoms with Gasteiger partial charge in [0.05, 0.1) is 24.0 Å². The Morgan fingerprint density at radius 2 is 1.57 bits per heavy atom. The summed E-state index contributed by atoms with van der Waals surface area (Å²) in [5.74, 6) is 0.629. The summed E-state index contributed by atoms with van der Waals surface area (Å²) in [6.45, 7) is 2.77. The standard InChI is InChI=1S/C24H21N3O2S/c1-18-23(26-30-25-18)17-29-22-14-12-20(13-15-22)24(28)27(21-10-6-3-7-11-21)16-19-8-4-2-5-9-19/h2-15H,16-17H2,1H3. The van der Waals surface area contributed by atoms with E-state index in [1.807, 2.05) is 79.7 Å². The topological polar surface area (TPSA) is 55.3 Å². The molecular formula is C24H21N3O2S. The number of carbonyl (C=O) groups is 1. The summed E-state index contributed by atoms with van der Waals surface area (Å²) >= 11 is 1.18. The van der Waals surface area contributed by atoms with Crippen molar-refractivity contribution in [1.82, 2.24) is 8.75 Å². The van der Waals surface area contributed by atoms with E-state index in [-0.39, 0.29) is 5.91 Å². The summed E-state index contributed by atoms with van der Waals surface area (Å²) in [5, 5.41) is 0. The van der Waals surface area contributed by atoms with Gasteiger partial charge in [-0.3, -0.25) is 4.79 Å². The summed E-state index contributed by atoms with van der Waals surface area (Å²) in [7, 11) is 0. The summed E-state index contributed by atoms with van der Waals surface area (Å²) in [4.78, 5) is 15.1. The van der Waals surface area contributed by atoms with Crippen molar-refractivity contribution in [3.63, 3.8) is 0 Å². The Bertz CT molecular complexity index is 1100. The van der Waals surface area contributed by atoms with Crippen molar-refractivity contribution >= 4 is 23.3 Å². The normalized spacial score (nSPS) is 10.6. The van der Waals surface area contributed by atoms with Crippen LogP contribution in [0.5, 0.6) is 5.75 Å². The Morgan fingerprint density at radius 1 is 0.900 bits per heavy atom. The third-order valence-electron chi connectivity index (χ3n) is 4.72. The maximum absolute atomic E-state index is 13.3. The first-order chi connectivity index (χ1) is 14.7. The molecule has 0 aliphatic carbocycles. The van der Waals surface area contributed by atoms with Gasteiger partial charge in [-0.15, -0.1) is 0 Å². The Labute approximate surface area is 179 Å². The van der Waals surface area contributed by atoms with E-state index in [2.05, 4.69) is 8.75 Å². The zero-order valence-electron chi connectivity index (χ0n) is 16.6. The quantitative estimate of drug-likeness (QED) is 0.412. The second-order valence-corrected chi connectivity index (χ2v) is 7.35. The van der Waals surface area contributed by atoms with Crippen LogP contribution in [0.4, 0.5) is 5.69 Å². The van der Waals surface area contributed by atoms with Crippen LogP contribution in [0.2, 0.25) is 0 Å². The van der Waals surface area contributed by atoms with Gasteiger partial charge in [0.1, 0.15) is 18.1 Å². The molecule has 4 rings (SSSR count). The lowest BCUT2D eigenvalue weighted by molar-refractivity contribution is 0.0985. The Kier molecular flexibility index (Phi) is 6.15. The summed E-state index contributed by atoms with van der Waals surface area (Å²) in [5.41, 5.74) is 4.25. The maximum Gasteiger partial charge on any atom is 0.258 e. The smallest absolute Gasteiger partial charge is 0.258 e. The fourth-order valence-electron chi connectivity index (χ4n) is 3.04. The predicted octanol–water partition coefficient (Wildman–Crippen LogP) is 5.27. The molecule has 0 saturated carbocycles. The van der Waals surface area contributed by atoms with E-state index in [0.717, 1.165) is 22.6 Å². The first-order valence-corrected chi connectivity index (χ1v) is 10.4. The fraction of sp³-hybridized carbons (Fsp3) is 0.125. The molecule has 0 aliphatic rings. The third-order valence-corrected chi connectivity index (χ3v) is 5.38. The van der Waals surface area contributed by atoms with E-state index >= 15 is 0 Å². The lowest BCUT2D eigenvalue weighted by atomic mass is 10.1. The maximum atomic E-state index is 13.3. The molecule has 0 saturated heterocycles. The van der Waals surface area contributed by atoms with E-state index in [4.69, 9.17) is 4.74 Å². The Morgan fingerprint density at radius 3 is 2.20 bits per heavy atom. The number of para-hydroxylation sites is 1. The number of aromatic nitrogens is 2. The highest BCUT2D eigenvalue weighted by atomic mass is 32.1. The van der Waals surface area contributed by atoms with Gasteiger partial charge in [-0.2, -0.15) is 8.75 Å². The number of carbonyl (C=O) groups excluding carboxylic acids is 1. The van der Waals surface area contributed by atoms with Gasteiger partial charge in [0.2, 0.25) is 0 Å². The van der Waals surface area contributed by atoms with Crippen molar-refractivity contribution in [2.24, 2.45) is 0 Å². The average Bonchev–Trinajstić information content (AvgIpc) is 3.22. The van der Waals surface area contributed by atoms with Gasteiger partial charge in [0.25, 0.3) is 5.91 Å². The number of rotatable bonds is 7. The van der Waals surface area contributed by atoms with Crippen molar-refractivity contribution in [2.45, 2.75) is 20.1 Å². The molecule has 0 unspecified atom stereocenters. The molecule has 0 aliphatic heterocycles. The van der Waals surface area contributed by atoms with Gasteiger partial charge < -0.3 is 9.64 Å². The summed E-state index contributed by atoms with van der Waals surface area (Å²) < 4.78 is 14.2. The van der Waals surface area contributed by atoms with Crippen molar-refractivity contribution < 1.29 is 9.53 Å². The van der Waals surface area contributed by atoms with E-state index in [1.165, 1.54) is 11.7 Å². The molecule has 150 valence electrons. The van der Waals surface area contributed by atoms with Crippen molar-refractivity contribution in [1.29, 1.82) is 0 Å². The fourth-order valence-corrected chi connectivity index (χ4v) is 3.59. The molecule has 6 heteroatoms. The van der Waals surface area contributed by atoms with Gasteiger partial charge in [0, 0.05) is 11.3 Å². The van der Waals surface area contributed by atoms with Crippen LogP contribution < -0.4 is 9.64 Å². The van der Waals surface area contributed by atoms with Crippen LogP contribution >= 0.6 is 11.7 Å². The van der Waals surface area contributed by atoms with Crippen LogP contribution in [0, 0.1) is 6.92 Å². The molecule has 3 aromatic carbocycles. The highest BCUT2D eigenvalue weighted by Crippen LogP contribution is 2.22. The van der Waals surface area contributed by atoms with Gasteiger partial charge in [-0.05, 0) is 48.9 Å². The SMILES string of the molecule is Cc1nsnc1COc1ccc(C(=O)N(Cc2ccccc2)c2ccccc2)cc1. The van der Waals surface area contributed by atoms with Crippen LogP contribution in [-0.2, 0) is 13.2 Å². The molecule has 0 fully saturated rings. The number of hydrogen-bond donors (Lipinski definition) is 0. The number of aryl methyl sites for hydroxylation is 1. The van der Waals surface area contributed by atoms with Crippen LogP contribution in [0.1, 0.15) is 27.3 Å². The number of nitrogens with zero attached hydrogens (tertiary/aromatic N) is 3. The molecular weight excluding hydrogens is 394 g/mol. The number of anilines is 1. The minimum absolute atomic E-state index is 0.0591. The molecule has 0 radical (unpaired) electrons. The zero-order chi connectivity index (χ0) is 20.8. The van der Waals surface area contributed by atoms with Gasteiger partial charge in [-0.1, -0.05) is 48.5 Å². The Hall–Kier alpha value is -3.51. The lowest BCUT2D eigenvalue weighted by Gasteiger charge is -2.23. The van der Waals surface area contributed by atoms with Gasteiger partial charge in [-0.25, -0.2) is 0 Å². The van der Waals surface area contributed by atoms with Crippen molar-refractivity contribution in [3.05, 3.63) is 107 Å². The number of hydrogen-bond acceptors (Lipinski definition) is 5. The molecule has 4 aromatic rings. The second-order valence-electron chi connectivity index (χ2n) is 6.82. The highest BCUT2D eigenvalue weighted by Gasteiger charge is 2.18. The minimum atomic E-state index is -0.0591. The van der Waals surface area contributed by atoms with Gasteiger partial charge in [0.15, 0.2) is 0 Å². The van der Waals surface area contributed by atoms with E-state index in [9.17, 15) is 4.79 Å². The molecule has 1 heterocycles. The van der Waals surface area contributed by atoms with Crippen LogP contribution in [0.25, 0.3) is 0 Å². The highest BCUT2D eigenvalue weighted by molar-refractivity contribution is 6.99. The van der Waals surface area contributed by atoms with Crippen LogP contribution in [0.3, 0.4) is 0 Å². The van der Waals surface area contributed by atoms with Crippen molar-refractivity contribution in [2.75, 3.05) is 4.90 Å². The lowest BCUT2D eigenvalue weighted by Crippen LogP contribution is -2.30. The van der Waals surface area contributed by atoms with Gasteiger partial charge >= 0.3 is 0 Å². The van der Waals surface area contributed by atoms with E-state index in [1.54, 1.807) is 17.0 Å². The molecule has 0 atom stereocenters. The minimum Gasteiger partial charge on any atom is -0.487 e. The molecule has 30 heavy (non-hydrogen) atoms. The van der Waals surface area contributed by atoms with Crippen molar-refractivity contribution in [3.8, 4) is 5.75 Å². The monoisotopic (exact) mass is 415 g/mol. The molecule has 0 N–H and O–H groups in total. The largest absolute Gasteiger partial charge is 0.487 e. The number of ether oxygens (including phenoxy) is 1. The molecule has 0 spiro atoms. The van der Waals surface area contributed by atoms with Crippen LogP contribution in [-0.4, -0.2) is 14.7 Å². The third kappa shape index (κ3) is 4.72. The first-order valence-electron chi connectivity index (χ1n) is 9.62. The number of amides is 1. The van der Waals surface area contributed by atoms with Crippen LogP contribution in [0.15, 0.2) is 84.9 Å². The second kappa shape index (κ2) is 9.33. The molecule has 1 amide bonds.